The number of anilines is 1. The lowest BCUT2D eigenvalue weighted by Gasteiger charge is -2.16. The standard InChI is InChI=1S/C21H23N5O2S/c1-14-7-8-17(11-15(14)2)28-12-19-23-24-21(26(19)22)29-13-20(27)25-10-9-16-5-3-4-6-18(16)25/h3-8,11H,9-10,12-13,22H2,1-2H3. The van der Waals surface area contributed by atoms with Crippen LogP contribution in [0.4, 0.5) is 5.69 Å². The predicted molar refractivity (Wildman–Crippen MR) is 114 cm³/mol. The molecule has 0 fully saturated rings. The van der Waals surface area contributed by atoms with Crippen molar-refractivity contribution in [2.75, 3.05) is 23.0 Å². The zero-order chi connectivity index (χ0) is 20.4. The van der Waals surface area contributed by atoms with E-state index in [9.17, 15) is 4.79 Å². The second-order valence-electron chi connectivity index (χ2n) is 7.02. The number of rotatable bonds is 6. The number of fused-ring (bicyclic) bond motifs is 1. The second-order valence-corrected chi connectivity index (χ2v) is 7.96. The van der Waals surface area contributed by atoms with Crippen LogP contribution in [0.3, 0.4) is 0 Å². The van der Waals surface area contributed by atoms with E-state index in [1.54, 1.807) is 0 Å². The van der Waals surface area contributed by atoms with Crippen LogP contribution in [0.25, 0.3) is 0 Å². The largest absolute Gasteiger partial charge is 0.486 e. The molecule has 2 heterocycles. The molecule has 0 atom stereocenters. The van der Waals surface area contributed by atoms with E-state index in [-0.39, 0.29) is 18.3 Å². The third-order valence-electron chi connectivity index (χ3n) is 5.09. The summed E-state index contributed by atoms with van der Waals surface area (Å²) in [5, 5.41) is 8.69. The maximum Gasteiger partial charge on any atom is 0.237 e. The summed E-state index contributed by atoms with van der Waals surface area (Å²) in [4.78, 5) is 14.5. The summed E-state index contributed by atoms with van der Waals surface area (Å²) in [6, 6.07) is 13.9. The molecular formula is C21H23N5O2S. The molecule has 150 valence electrons. The highest BCUT2D eigenvalue weighted by Gasteiger charge is 2.24. The first-order valence-corrected chi connectivity index (χ1v) is 10.4. The number of carbonyl (C=O) groups is 1. The topological polar surface area (TPSA) is 86.3 Å². The summed E-state index contributed by atoms with van der Waals surface area (Å²) in [6.45, 7) is 5.02. The molecule has 0 saturated heterocycles. The number of para-hydroxylation sites is 1. The van der Waals surface area contributed by atoms with Crippen LogP contribution in [0.5, 0.6) is 5.75 Å². The van der Waals surface area contributed by atoms with Crippen LogP contribution < -0.4 is 15.5 Å². The minimum absolute atomic E-state index is 0.0379. The lowest BCUT2D eigenvalue weighted by Crippen LogP contribution is -2.30. The fourth-order valence-corrected chi connectivity index (χ4v) is 4.01. The molecule has 1 aliphatic heterocycles. The van der Waals surface area contributed by atoms with Crippen molar-refractivity contribution in [3.8, 4) is 5.75 Å². The molecule has 0 saturated carbocycles. The van der Waals surface area contributed by atoms with E-state index >= 15 is 0 Å². The monoisotopic (exact) mass is 409 g/mol. The molecule has 0 unspecified atom stereocenters. The van der Waals surface area contributed by atoms with E-state index in [0.29, 0.717) is 17.5 Å². The molecule has 0 radical (unpaired) electrons. The molecule has 1 aromatic heterocycles. The maximum absolute atomic E-state index is 12.7. The number of benzene rings is 2. The van der Waals surface area contributed by atoms with E-state index in [1.807, 2.05) is 48.2 Å². The van der Waals surface area contributed by atoms with Gasteiger partial charge >= 0.3 is 0 Å². The lowest BCUT2D eigenvalue weighted by molar-refractivity contribution is -0.116. The number of carbonyl (C=O) groups excluding carboxylic acids is 1. The van der Waals surface area contributed by atoms with E-state index in [2.05, 4.69) is 23.2 Å². The number of hydrogen-bond acceptors (Lipinski definition) is 6. The summed E-state index contributed by atoms with van der Waals surface area (Å²) in [5.74, 6) is 7.66. The molecule has 0 bridgehead atoms. The van der Waals surface area contributed by atoms with Crippen molar-refractivity contribution in [1.29, 1.82) is 0 Å². The smallest absolute Gasteiger partial charge is 0.237 e. The van der Waals surface area contributed by atoms with Crippen molar-refractivity contribution in [2.45, 2.75) is 32.0 Å². The highest BCUT2D eigenvalue weighted by atomic mass is 32.2. The van der Waals surface area contributed by atoms with Crippen molar-refractivity contribution in [1.82, 2.24) is 14.9 Å². The number of ether oxygens (including phenoxy) is 1. The van der Waals surface area contributed by atoms with Gasteiger partial charge in [-0.25, -0.2) is 4.68 Å². The van der Waals surface area contributed by atoms with Gasteiger partial charge in [0.05, 0.1) is 5.75 Å². The molecule has 0 aliphatic carbocycles. The van der Waals surface area contributed by atoms with Crippen LogP contribution in [0.1, 0.15) is 22.5 Å². The quantitative estimate of drug-likeness (QED) is 0.498. The number of nitrogens with two attached hydrogens (primary N) is 1. The average Bonchev–Trinajstić information content (AvgIpc) is 3.31. The molecular weight excluding hydrogens is 386 g/mol. The van der Waals surface area contributed by atoms with E-state index in [0.717, 1.165) is 23.4 Å². The lowest BCUT2D eigenvalue weighted by atomic mass is 10.1. The Balaban J connectivity index is 1.35. The molecule has 8 heteroatoms. The first kappa shape index (κ1) is 19.3. The Kier molecular flexibility index (Phi) is 5.44. The van der Waals surface area contributed by atoms with Crippen molar-refractivity contribution >= 4 is 23.4 Å². The summed E-state index contributed by atoms with van der Waals surface area (Å²) in [6.07, 6.45) is 0.889. The SMILES string of the molecule is Cc1ccc(OCc2nnc(SCC(=O)N3CCc4ccccc43)n2N)cc1C. The molecule has 2 N–H and O–H groups in total. The minimum Gasteiger partial charge on any atom is -0.486 e. The van der Waals surface area contributed by atoms with Gasteiger partial charge in [0.25, 0.3) is 0 Å². The number of nitrogen functional groups attached to an aromatic ring is 1. The Morgan fingerprint density at radius 3 is 2.83 bits per heavy atom. The highest BCUT2D eigenvalue weighted by Crippen LogP contribution is 2.28. The Morgan fingerprint density at radius 2 is 2.00 bits per heavy atom. The van der Waals surface area contributed by atoms with Gasteiger partial charge in [0.1, 0.15) is 12.4 Å². The maximum atomic E-state index is 12.7. The fourth-order valence-electron chi connectivity index (χ4n) is 3.26. The normalized spacial score (nSPS) is 12.8. The van der Waals surface area contributed by atoms with Gasteiger partial charge in [-0.15, -0.1) is 10.2 Å². The van der Waals surface area contributed by atoms with Crippen LogP contribution >= 0.6 is 11.8 Å². The summed E-state index contributed by atoms with van der Waals surface area (Å²) >= 11 is 1.28. The van der Waals surface area contributed by atoms with Gasteiger partial charge in [-0.05, 0) is 55.2 Å². The zero-order valence-electron chi connectivity index (χ0n) is 16.5. The third-order valence-corrected chi connectivity index (χ3v) is 6.02. The van der Waals surface area contributed by atoms with Crippen LogP contribution in [0.2, 0.25) is 0 Å². The van der Waals surface area contributed by atoms with Crippen LogP contribution in [0.15, 0.2) is 47.6 Å². The van der Waals surface area contributed by atoms with Crippen LogP contribution in [-0.2, 0) is 17.8 Å². The second kappa shape index (κ2) is 8.16. The first-order chi connectivity index (χ1) is 14.0. The number of nitrogens with zero attached hydrogens (tertiary/aromatic N) is 4. The van der Waals surface area contributed by atoms with Gasteiger partial charge in [-0.2, -0.15) is 0 Å². The van der Waals surface area contributed by atoms with E-state index < -0.39 is 0 Å². The highest BCUT2D eigenvalue weighted by molar-refractivity contribution is 7.99. The molecule has 1 aliphatic rings. The summed E-state index contributed by atoms with van der Waals surface area (Å²) in [7, 11) is 0. The number of aryl methyl sites for hydroxylation is 2. The van der Waals surface area contributed by atoms with Crippen molar-refractivity contribution in [3.63, 3.8) is 0 Å². The molecule has 0 spiro atoms. The Labute approximate surface area is 173 Å². The number of thioether (sulfide) groups is 1. The van der Waals surface area contributed by atoms with Gasteiger partial charge in [0, 0.05) is 12.2 Å². The van der Waals surface area contributed by atoms with Crippen LogP contribution in [0, 0.1) is 13.8 Å². The van der Waals surface area contributed by atoms with E-state index in [1.165, 1.54) is 27.6 Å². The Bertz CT molecular complexity index is 1050. The van der Waals surface area contributed by atoms with Gasteiger partial charge in [0.2, 0.25) is 11.1 Å². The van der Waals surface area contributed by atoms with Crippen molar-refractivity contribution in [2.24, 2.45) is 0 Å². The van der Waals surface area contributed by atoms with E-state index in [4.69, 9.17) is 10.6 Å². The van der Waals surface area contributed by atoms with Gasteiger partial charge in [-0.3, -0.25) is 4.79 Å². The molecule has 2 aromatic carbocycles. The molecule has 3 aromatic rings. The predicted octanol–water partition coefficient (Wildman–Crippen LogP) is 2.87. The molecule has 4 rings (SSSR count). The van der Waals surface area contributed by atoms with Gasteiger partial charge in [0.15, 0.2) is 5.82 Å². The summed E-state index contributed by atoms with van der Waals surface area (Å²) < 4.78 is 7.17. The number of amides is 1. The zero-order valence-corrected chi connectivity index (χ0v) is 17.3. The average molecular weight is 410 g/mol. The Morgan fingerprint density at radius 1 is 1.17 bits per heavy atom. The molecule has 7 nitrogen and oxygen atoms in total. The third kappa shape index (κ3) is 4.07. The molecule has 29 heavy (non-hydrogen) atoms. The minimum atomic E-state index is 0.0379. The van der Waals surface area contributed by atoms with Crippen molar-refractivity contribution in [3.05, 3.63) is 65.0 Å². The van der Waals surface area contributed by atoms with Crippen molar-refractivity contribution < 1.29 is 9.53 Å². The van der Waals surface area contributed by atoms with Crippen LogP contribution in [-0.4, -0.2) is 33.1 Å². The number of aromatic nitrogens is 3. The fraction of sp³-hybridized carbons (Fsp3) is 0.286. The molecule has 1 amide bonds. The summed E-state index contributed by atoms with van der Waals surface area (Å²) in [5.41, 5.74) is 4.58. The first-order valence-electron chi connectivity index (χ1n) is 9.43. The van der Waals surface area contributed by atoms with Gasteiger partial charge in [-0.1, -0.05) is 36.0 Å². The Hall–Kier alpha value is -3.00. The number of hydrogen-bond donors (Lipinski definition) is 1. The van der Waals surface area contributed by atoms with Gasteiger partial charge < -0.3 is 15.5 Å².